The molecule has 1 aliphatic heterocycles. The molecule has 2 aromatic rings. The first-order valence-electron chi connectivity index (χ1n) is 8.36. The number of benzene rings is 2. The van der Waals surface area contributed by atoms with E-state index in [1.807, 2.05) is 39.8 Å². The predicted octanol–water partition coefficient (Wildman–Crippen LogP) is 4.09. The third-order valence-corrected chi connectivity index (χ3v) is 7.05. The fourth-order valence-electron chi connectivity index (χ4n) is 2.98. The van der Waals surface area contributed by atoms with E-state index in [4.69, 9.17) is 0 Å². The van der Waals surface area contributed by atoms with Crippen molar-refractivity contribution in [2.75, 3.05) is 15.8 Å². The highest BCUT2D eigenvalue weighted by Gasteiger charge is 2.23. The number of carbonyl (C=O) groups is 1. The van der Waals surface area contributed by atoms with E-state index < -0.39 is 10.0 Å². The molecule has 1 amide bonds. The molecule has 1 heterocycles. The molecule has 0 radical (unpaired) electrons. The van der Waals surface area contributed by atoms with Gasteiger partial charge < -0.3 is 5.32 Å². The molecule has 0 fully saturated rings. The van der Waals surface area contributed by atoms with Crippen LogP contribution in [0.15, 0.2) is 40.1 Å². The van der Waals surface area contributed by atoms with Crippen LogP contribution >= 0.6 is 11.8 Å². The van der Waals surface area contributed by atoms with Crippen molar-refractivity contribution in [1.82, 2.24) is 0 Å². The number of hydrogen-bond acceptors (Lipinski definition) is 4. The average Bonchev–Trinajstić information content (AvgIpc) is 2.69. The van der Waals surface area contributed by atoms with Gasteiger partial charge in [0.1, 0.15) is 0 Å². The molecular weight excluding hydrogens is 368 g/mol. The number of amides is 1. The smallest absolute Gasteiger partial charge is 0.261 e. The van der Waals surface area contributed by atoms with Gasteiger partial charge in [-0.15, -0.1) is 11.8 Å². The molecule has 1 aliphatic rings. The van der Waals surface area contributed by atoms with Crippen LogP contribution in [0.5, 0.6) is 0 Å². The van der Waals surface area contributed by atoms with E-state index in [0.29, 0.717) is 17.1 Å². The number of carbonyl (C=O) groups excluding carboxylic acids is 1. The fraction of sp³-hybridized carbons (Fsp3) is 0.316. The first-order valence-corrected chi connectivity index (χ1v) is 10.8. The maximum Gasteiger partial charge on any atom is 0.261 e. The van der Waals surface area contributed by atoms with Crippen LogP contribution in [-0.4, -0.2) is 20.1 Å². The average molecular weight is 391 g/mol. The van der Waals surface area contributed by atoms with Crippen molar-refractivity contribution in [3.63, 3.8) is 0 Å². The highest BCUT2D eigenvalue weighted by Crippen LogP contribution is 2.35. The minimum Gasteiger partial charge on any atom is -0.325 e. The molecule has 0 saturated carbocycles. The Labute approximate surface area is 158 Å². The summed E-state index contributed by atoms with van der Waals surface area (Å²) >= 11 is 1.55. The van der Waals surface area contributed by atoms with Crippen LogP contribution in [0.1, 0.15) is 23.6 Å². The van der Waals surface area contributed by atoms with Crippen molar-refractivity contribution < 1.29 is 13.2 Å². The Morgan fingerprint density at radius 1 is 1.12 bits per heavy atom. The second-order valence-corrected chi connectivity index (χ2v) is 9.48. The largest absolute Gasteiger partial charge is 0.325 e. The van der Waals surface area contributed by atoms with Gasteiger partial charge in [-0.2, -0.15) is 0 Å². The number of nitrogens with one attached hydrogen (secondary N) is 2. The van der Waals surface area contributed by atoms with Crippen molar-refractivity contribution in [2.45, 2.75) is 37.5 Å². The van der Waals surface area contributed by atoms with Crippen LogP contribution in [0.2, 0.25) is 0 Å². The summed E-state index contributed by atoms with van der Waals surface area (Å²) in [4.78, 5) is 13.1. The third kappa shape index (κ3) is 3.73. The number of aryl methyl sites for hydroxylation is 3. The number of anilines is 2. The molecule has 0 spiro atoms. The van der Waals surface area contributed by atoms with Crippen molar-refractivity contribution in [2.24, 2.45) is 5.92 Å². The fourth-order valence-corrected chi connectivity index (χ4v) is 5.22. The van der Waals surface area contributed by atoms with E-state index in [1.54, 1.807) is 23.9 Å². The van der Waals surface area contributed by atoms with Gasteiger partial charge in [0, 0.05) is 16.6 Å². The van der Waals surface area contributed by atoms with Gasteiger partial charge in [0.25, 0.3) is 10.0 Å². The SMILES string of the molecule is Cc1cc(C)c(NS(=O)(=O)c2ccc3c(c2)NC(=O)C(C)CS3)c(C)c1. The van der Waals surface area contributed by atoms with Crippen LogP contribution < -0.4 is 10.0 Å². The standard InChI is InChI=1S/C19H22N2O3S2/c1-11-7-12(2)18(13(3)8-11)21-26(23,24)15-5-6-17-16(9-15)20-19(22)14(4)10-25-17/h5-9,14,21H,10H2,1-4H3,(H,20,22). The van der Waals surface area contributed by atoms with E-state index in [-0.39, 0.29) is 16.7 Å². The van der Waals surface area contributed by atoms with Crippen molar-refractivity contribution in [3.8, 4) is 0 Å². The lowest BCUT2D eigenvalue weighted by molar-refractivity contribution is -0.118. The molecule has 2 aromatic carbocycles. The maximum absolute atomic E-state index is 12.9. The molecule has 2 N–H and O–H groups in total. The zero-order chi connectivity index (χ0) is 19.1. The quantitative estimate of drug-likeness (QED) is 0.828. The minimum atomic E-state index is -3.76. The molecule has 0 saturated heterocycles. The zero-order valence-electron chi connectivity index (χ0n) is 15.2. The second-order valence-electron chi connectivity index (χ2n) is 6.74. The van der Waals surface area contributed by atoms with Gasteiger partial charge in [-0.05, 0) is 50.1 Å². The molecule has 138 valence electrons. The molecule has 0 aromatic heterocycles. The highest BCUT2D eigenvalue weighted by molar-refractivity contribution is 7.99. The summed E-state index contributed by atoms with van der Waals surface area (Å²) in [7, 11) is -3.76. The van der Waals surface area contributed by atoms with Gasteiger partial charge in [0.2, 0.25) is 5.91 Å². The van der Waals surface area contributed by atoms with Crippen LogP contribution in [0, 0.1) is 26.7 Å². The number of thioether (sulfide) groups is 1. The molecule has 5 nitrogen and oxygen atoms in total. The van der Waals surface area contributed by atoms with Gasteiger partial charge >= 0.3 is 0 Å². The van der Waals surface area contributed by atoms with Gasteiger partial charge in [0.15, 0.2) is 0 Å². The van der Waals surface area contributed by atoms with E-state index in [9.17, 15) is 13.2 Å². The Hall–Kier alpha value is -1.99. The van der Waals surface area contributed by atoms with Crippen molar-refractivity contribution in [3.05, 3.63) is 47.0 Å². The number of hydrogen-bond donors (Lipinski definition) is 2. The van der Waals surface area contributed by atoms with E-state index in [2.05, 4.69) is 10.0 Å². The first kappa shape index (κ1) is 18.8. The summed E-state index contributed by atoms with van der Waals surface area (Å²) in [5.74, 6) is 0.456. The van der Waals surface area contributed by atoms with Crippen molar-refractivity contribution in [1.29, 1.82) is 0 Å². The van der Waals surface area contributed by atoms with E-state index in [1.165, 1.54) is 6.07 Å². The lowest BCUT2D eigenvalue weighted by Gasteiger charge is -2.15. The number of rotatable bonds is 3. The number of fused-ring (bicyclic) bond motifs is 1. The topological polar surface area (TPSA) is 75.3 Å². The molecular formula is C19H22N2O3S2. The van der Waals surface area contributed by atoms with Gasteiger partial charge in [-0.1, -0.05) is 24.6 Å². The highest BCUT2D eigenvalue weighted by atomic mass is 32.2. The predicted molar refractivity (Wildman–Crippen MR) is 106 cm³/mol. The summed E-state index contributed by atoms with van der Waals surface area (Å²) in [5, 5.41) is 2.83. The molecule has 0 bridgehead atoms. The van der Waals surface area contributed by atoms with Crippen LogP contribution in [-0.2, 0) is 14.8 Å². The summed E-state index contributed by atoms with van der Waals surface area (Å²) in [6.45, 7) is 7.60. The summed E-state index contributed by atoms with van der Waals surface area (Å²) in [6, 6.07) is 8.75. The third-order valence-electron chi connectivity index (χ3n) is 4.37. The molecule has 3 rings (SSSR count). The van der Waals surface area contributed by atoms with Crippen LogP contribution in [0.4, 0.5) is 11.4 Å². The Balaban J connectivity index is 1.96. The van der Waals surface area contributed by atoms with Gasteiger partial charge in [-0.3, -0.25) is 9.52 Å². The molecule has 1 atom stereocenters. The number of sulfonamides is 1. The molecule has 0 aliphatic carbocycles. The Kier molecular flexibility index (Phi) is 5.03. The monoisotopic (exact) mass is 390 g/mol. The van der Waals surface area contributed by atoms with Crippen LogP contribution in [0.3, 0.4) is 0 Å². The summed E-state index contributed by atoms with van der Waals surface area (Å²) < 4.78 is 28.4. The molecule has 1 unspecified atom stereocenters. The van der Waals surface area contributed by atoms with E-state index >= 15 is 0 Å². The Bertz CT molecular complexity index is 961. The Morgan fingerprint density at radius 3 is 2.42 bits per heavy atom. The zero-order valence-corrected chi connectivity index (χ0v) is 16.8. The summed E-state index contributed by atoms with van der Waals surface area (Å²) in [6.07, 6.45) is 0. The normalized spacial score (nSPS) is 17.2. The lowest BCUT2D eigenvalue weighted by Crippen LogP contribution is -2.20. The van der Waals surface area contributed by atoms with Gasteiger partial charge in [-0.25, -0.2) is 8.42 Å². The first-order chi connectivity index (χ1) is 12.2. The summed E-state index contributed by atoms with van der Waals surface area (Å²) in [5.41, 5.74) is 3.97. The Morgan fingerprint density at radius 2 is 1.77 bits per heavy atom. The van der Waals surface area contributed by atoms with Crippen molar-refractivity contribution >= 4 is 39.1 Å². The van der Waals surface area contributed by atoms with Crippen LogP contribution in [0.25, 0.3) is 0 Å². The maximum atomic E-state index is 12.9. The molecule has 26 heavy (non-hydrogen) atoms. The van der Waals surface area contributed by atoms with E-state index in [0.717, 1.165) is 21.6 Å². The van der Waals surface area contributed by atoms with Gasteiger partial charge in [0.05, 0.1) is 16.3 Å². The second kappa shape index (κ2) is 6.96. The molecule has 7 heteroatoms. The minimum absolute atomic E-state index is 0.0935. The lowest BCUT2D eigenvalue weighted by atomic mass is 10.1.